The van der Waals surface area contributed by atoms with E-state index in [1.807, 2.05) is 32.0 Å². The van der Waals surface area contributed by atoms with Crippen molar-refractivity contribution in [2.75, 3.05) is 13.7 Å². The second-order valence-electron chi connectivity index (χ2n) is 5.18. The first-order valence-corrected chi connectivity index (χ1v) is 6.73. The number of nitrogens with one attached hydrogen (secondary N) is 2. The topological polar surface area (TPSA) is 67.4 Å². The summed E-state index contributed by atoms with van der Waals surface area (Å²) in [6, 6.07) is 5.71. The molecule has 1 heterocycles. The SMILES string of the molecule is COc1ccc(C)cc1C(C)NC(=O)C1CNC(=O)C1. The zero-order chi connectivity index (χ0) is 14.7. The fourth-order valence-corrected chi connectivity index (χ4v) is 2.39. The molecule has 5 nitrogen and oxygen atoms in total. The van der Waals surface area contributed by atoms with Crippen molar-refractivity contribution in [3.05, 3.63) is 29.3 Å². The molecule has 1 aliphatic heterocycles. The molecule has 5 heteroatoms. The standard InChI is InChI=1S/C15H20N2O3/c1-9-4-5-13(20-3)12(6-9)10(2)17-15(19)11-7-14(18)16-8-11/h4-6,10-11H,7-8H2,1-3H3,(H,16,18)(H,17,19). The molecule has 1 aromatic rings. The molecule has 0 radical (unpaired) electrons. The zero-order valence-corrected chi connectivity index (χ0v) is 12.0. The van der Waals surface area contributed by atoms with Gasteiger partial charge in [0.25, 0.3) is 0 Å². The van der Waals surface area contributed by atoms with Crippen LogP contribution in [0.15, 0.2) is 18.2 Å². The summed E-state index contributed by atoms with van der Waals surface area (Å²) in [6.07, 6.45) is 0.267. The average molecular weight is 276 g/mol. The van der Waals surface area contributed by atoms with E-state index in [4.69, 9.17) is 4.74 Å². The molecule has 108 valence electrons. The van der Waals surface area contributed by atoms with Crippen molar-refractivity contribution >= 4 is 11.8 Å². The van der Waals surface area contributed by atoms with E-state index < -0.39 is 0 Å². The van der Waals surface area contributed by atoms with Crippen molar-refractivity contribution in [3.8, 4) is 5.75 Å². The van der Waals surface area contributed by atoms with Crippen LogP contribution >= 0.6 is 0 Å². The minimum atomic E-state index is -0.277. The van der Waals surface area contributed by atoms with Gasteiger partial charge in [0.2, 0.25) is 11.8 Å². The molecule has 2 N–H and O–H groups in total. The maximum atomic E-state index is 12.1. The Morgan fingerprint density at radius 1 is 1.50 bits per heavy atom. The van der Waals surface area contributed by atoms with E-state index in [1.165, 1.54) is 0 Å². The third-order valence-corrected chi connectivity index (χ3v) is 3.56. The molecule has 0 aliphatic carbocycles. The zero-order valence-electron chi connectivity index (χ0n) is 12.0. The van der Waals surface area contributed by atoms with Crippen molar-refractivity contribution in [3.63, 3.8) is 0 Å². The van der Waals surface area contributed by atoms with Crippen molar-refractivity contribution in [2.45, 2.75) is 26.3 Å². The van der Waals surface area contributed by atoms with E-state index in [1.54, 1.807) is 7.11 Å². The van der Waals surface area contributed by atoms with Gasteiger partial charge in [-0.2, -0.15) is 0 Å². The lowest BCUT2D eigenvalue weighted by Gasteiger charge is -2.19. The Morgan fingerprint density at radius 3 is 2.85 bits per heavy atom. The van der Waals surface area contributed by atoms with E-state index in [9.17, 15) is 9.59 Å². The smallest absolute Gasteiger partial charge is 0.225 e. The summed E-state index contributed by atoms with van der Waals surface area (Å²) in [7, 11) is 1.61. The Hall–Kier alpha value is -2.04. The van der Waals surface area contributed by atoms with E-state index in [0.717, 1.165) is 16.9 Å². The van der Waals surface area contributed by atoms with Crippen molar-refractivity contribution in [1.29, 1.82) is 0 Å². The van der Waals surface area contributed by atoms with Gasteiger partial charge in [-0.3, -0.25) is 9.59 Å². The van der Waals surface area contributed by atoms with E-state index in [0.29, 0.717) is 6.54 Å². The summed E-state index contributed by atoms with van der Waals surface area (Å²) in [4.78, 5) is 23.3. The van der Waals surface area contributed by atoms with Gasteiger partial charge in [-0.25, -0.2) is 0 Å². The van der Waals surface area contributed by atoms with Crippen LogP contribution in [0.1, 0.15) is 30.5 Å². The maximum absolute atomic E-state index is 12.1. The minimum Gasteiger partial charge on any atom is -0.496 e. The molecular weight excluding hydrogens is 256 g/mol. The molecule has 1 aliphatic rings. The molecule has 2 amide bonds. The summed E-state index contributed by atoms with van der Waals surface area (Å²) in [6.45, 7) is 4.33. The van der Waals surface area contributed by atoms with Gasteiger partial charge in [0.1, 0.15) is 5.75 Å². The average Bonchev–Trinajstić information content (AvgIpc) is 2.85. The third-order valence-electron chi connectivity index (χ3n) is 3.56. The number of hydrogen-bond acceptors (Lipinski definition) is 3. The lowest BCUT2D eigenvalue weighted by atomic mass is 10.0. The Kier molecular flexibility index (Phi) is 4.27. The number of rotatable bonds is 4. The highest BCUT2D eigenvalue weighted by atomic mass is 16.5. The van der Waals surface area contributed by atoms with E-state index in [2.05, 4.69) is 10.6 Å². The molecule has 2 atom stereocenters. The number of methoxy groups -OCH3 is 1. The molecule has 0 aromatic heterocycles. The summed E-state index contributed by atoms with van der Waals surface area (Å²) in [5.41, 5.74) is 2.05. The number of amides is 2. The Labute approximate surface area is 118 Å². The number of carbonyl (C=O) groups excluding carboxylic acids is 2. The van der Waals surface area contributed by atoms with Crippen LogP contribution in [0, 0.1) is 12.8 Å². The summed E-state index contributed by atoms with van der Waals surface area (Å²) in [5.74, 6) is 0.315. The van der Waals surface area contributed by atoms with Gasteiger partial charge >= 0.3 is 0 Å². The molecule has 1 fully saturated rings. The first-order chi connectivity index (χ1) is 9.51. The second kappa shape index (κ2) is 5.94. The van der Waals surface area contributed by atoms with Crippen LogP contribution < -0.4 is 15.4 Å². The van der Waals surface area contributed by atoms with Gasteiger partial charge in [0.05, 0.1) is 19.1 Å². The molecule has 2 rings (SSSR count). The van der Waals surface area contributed by atoms with Gasteiger partial charge < -0.3 is 15.4 Å². The summed E-state index contributed by atoms with van der Waals surface area (Å²) < 4.78 is 5.33. The molecule has 2 unspecified atom stereocenters. The highest BCUT2D eigenvalue weighted by Crippen LogP contribution is 2.26. The predicted molar refractivity (Wildman–Crippen MR) is 75.4 cm³/mol. The van der Waals surface area contributed by atoms with Crippen LogP contribution in [0.2, 0.25) is 0 Å². The third kappa shape index (κ3) is 3.10. The molecule has 0 bridgehead atoms. The number of carbonyl (C=O) groups is 2. The monoisotopic (exact) mass is 276 g/mol. The van der Waals surface area contributed by atoms with Gasteiger partial charge in [0.15, 0.2) is 0 Å². The van der Waals surface area contributed by atoms with Gasteiger partial charge in [-0.1, -0.05) is 17.7 Å². The van der Waals surface area contributed by atoms with Crippen molar-refractivity contribution in [2.24, 2.45) is 5.92 Å². The first kappa shape index (κ1) is 14.4. The Balaban J connectivity index is 2.08. The predicted octanol–water partition coefficient (Wildman–Crippen LogP) is 1.32. The number of ether oxygens (including phenoxy) is 1. The minimum absolute atomic E-state index is 0.0639. The molecular formula is C15H20N2O3. The number of aryl methyl sites for hydroxylation is 1. The summed E-state index contributed by atoms with van der Waals surface area (Å²) >= 11 is 0. The quantitative estimate of drug-likeness (QED) is 0.871. The normalized spacial score (nSPS) is 19.4. The lowest BCUT2D eigenvalue weighted by Crippen LogP contribution is -2.34. The van der Waals surface area contributed by atoms with E-state index >= 15 is 0 Å². The lowest BCUT2D eigenvalue weighted by molar-refractivity contribution is -0.127. The molecule has 1 aromatic carbocycles. The van der Waals surface area contributed by atoms with Gasteiger partial charge in [-0.15, -0.1) is 0 Å². The van der Waals surface area contributed by atoms with E-state index in [-0.39, 0.29) is 30.2 Å². The molecule has 20 heavy (non-hydrogen) atoms. The fraction of sp³-hybridized carbons (Fsp3) is 0.467. The van der Waals surface area contributed by atoms with Crippen LogP contribution in [0.4, 0.5) is 0 Å². The summed E-state index contributed by atoms with van der Waals surface area (Å²) in [5, 5.41) is 5.62. The van der Waals surface area contributed by atoms with Crippen LogP contribution in [-0.2, 0) is 9.59 Å². The molecule has 0 saturated carbocycles. The second-order valence-corrected chi connectivity index (χ2v) is 5.18. The fourth-order valence-electron chi connectivity index (χ4n) is 2.39. The van der Waals surface area contributed by atoms with Crippen LogP contribution in [0.3, 0.4) is 0 Å². The molecule has 0 spiro atoms. The van der Waals surface area contributed by atoms with Gasteiger partial charge in [0, 0.05) is 18.5 Å². The molecule has 1 saturated heterocycles. The Bertz CT molecular complexity index is 528. The number of hydrogen-bond donors (Lipinski definition) is 2. The number of benzene rings is 1. The van der Waals surface area contributed by atoms with Crippen LogP contribution in [0.5, 0.6) is 5.75 Å². The van der Waals surface area contributed by atoms with Crippen molar-refractivity contribution in [1.82, 2.24) is 10.6 Å². The van der Waals surface area contributed by atoms with Crippen LogP contribution in [-0.4, -0.2) is 25.5 Å². The van der Waals surface area contributed by atoms with Crippen LogP contribution in [0.25, 0.3) is 0 Å². The van der Waals surface area contributed by atoms with Gasteiger partial charge in [-0.05, 0) is 19.9 Å². The maximum Gasteiger partial charge on any atom is 0.225 e. The largest absolute Gasteiger partial charge is 0.496 e. The highest BCUT2D eigenvalue weighted by molar-refractivity contribution is 5.89. The van der Waals surface area contributed by atoms with Crippen molar-refractivity contribution < 1.29 is 14.3 Å². The Morgan fingerprint density at radius 2 is 2.25 bits per heavy atom. The first-order valence-electron chi connectivity index (χ1n) is 6.73. The highest BCUT2D eigenvalue weighted by Gasteiger charge is 2.29.